The van der Waals surface area contributed by atoms with Crippen LogP contribution < -0.4 is 31.3 Å². The van der Waals surface area contributed by atoms with E-state index < -0.39 is 54.4 Å². The molecule has 4 heterocycles. The number of hydrogen-bond donors (Lipinski definition) is 7. The monoisotopic (exact) mass is 1100 g/mol. The molecule has 4 aliphatic rings. The van der Waals surface area contributed by atoms with Crippen LogP contribution in [-0.2, 0) is 73.9 Å². The summed E-state index contributed by atoms with van der Waals surface area (Å²) in [7, 11) is 1.53. The van der Waals surface area contributed by atoms with Gasteiger partial charge in [-0.05, 0) is 78.3 Å². The first-order valence-electron chi connectivity index (χ1n) is 25.4. The average molecular weight is 1100 g/mol. The number of urea groups is 1. The van der Waals surface area contributed by atoms with Crippen molar-refractivity contribution in [3.63, 3.8) is 0 Å². The van der Waals surface area contributed by atoms with E-state index in [1.54, 1.807) is 42.5 Å². The zero-order valence-corrected chi connectivity index (χ0v) is 43.5. The molecule has 416 valence electrons. The number of nitrogens with one attached hydrogen (secondary N) is 5. The first-order valence-corrected chi connectivity index (χ1v) is 25.8. The maximum Gasteiger partial charge on any atom is 0.409 e. The maximum absolute atomic E-state index is 13.1. The lowest BCUT2D eigenvalue weighted by atomic mass is 10.0. The van der Waals surface area contributed by atoms with Crippen LogP contribution in [0.15, 0.2) is 66.7 Å². The van der Waals surface area contributed by atoms with Gasteiger partial charge in [-0.15, -0.1) is 0 Å². The minimum Gasteiger partial charge on any atom is -0.479 e. The number of carbonyl (C=O) groups excluding carboxylic acids is 9. The number of aliphatic hydroxyl groups excluding tert-OH is 1. The molecule has 4 aliphatic heterocycles. The Morgan fingerprint density at radius 1 is 0.872 bits per heavy atom. The molecule has 10 amide bonds. The highest BCUT2D eigenvalue weighted by Crippen LogP contribution is 2.32. The summed E-state index contributed by atoms with van der Waals surface area (Å²) in [5, 5.41) is 33.4. The lowest BCUT2D eigenvalue weighted by molar-refractivity contribution is -0.195. The van der Waals surface area contributed by atoms with Crippen molar-refractivity contribution in [2.75, 3.05) is 50.5 Å². The van der Waals surface area contributed by atoms with E-state index in [4.69, 9.17) is 30.5 Å². The molecule has 4 atom stereocenters. The van der Waals surface area contributed by atoms with Gasteiger partial charge in [-0.1, -0.05) is 42.3 Å². The van der Waals surface area contributed by atoms with Gasteiger partial charge in [0.2, 0.25) is 29.9 Å². The molecule has 2 saturated heterocycles. The number of nitrogens with zero attached hydrogens (tertiary/aromatic N) is 3. The number of anilines is 2. The van der Waals surface area contributed by atoms with Crippen molar-refractivity contribution in [1.29, 1.82) is 0 Å². The number of carboxylic acid groups (broad SMARTS) is 1. The van der Waals surface area contributed by atoms with Crippen LogP contribution in [0.4, 0.5) is 21.0 Å². The highest BCUT2D eigenvalue weighted by Gasteiger charge is 2.39. The fourth-order valence-electron chi connectivity index (χ4n) is 8.86. The number of aliphatic carboxylic acids is 1. The number of carboxylic acids is 1. The summed E-state index contributed by atoms with van der Waals surface area (Å²) in [5.74, 6) is -3.84. The first kappa shape index (κ1) is 57.8. The van der Waals surface area contributed by atoms with Gasteiger partial charge in [-0.25, -0.2) is 14.4 Å². The molecule has 7 rings (SSSR count). The Morgan fingerprint density at radius 2 is 1.65 bits per heavy atom. The number of imide groups is 2. The van der Waals surface area contributed by atoms with Crippen molar-refractivity contribution in [3.05, 3.63) is 99.6 Å². The number of amides is 10. The Bertz CT molecular complexity index is 2810. The van der Waals surface area contributed by atoms with Gasteiger partial charge in [0.05, 0.1) is 25.0 Å². The number of carbonyl (C=O) groups is 10. The second kappa shape index (κ2) is 27.4. The lowest BCUT2D eigenvalue weighted by Gasteiger charge is -2.31. The molecule has 25 heteroatoms. The number of piperidine rings is 1. The Hall–Kier alpha value is -7.93. The summed E-state index contributed by atoms with van der Waals surface area (Å²) in [6.07, 6.45) is 0.618. The number of halogens is 1. The molecule has 0 radical (unpaired) electrons. The predicted octanol–water partition coefficient (Wildman–Crippen LogP) is 3.51. The number of ether oxygens (including phenoxy) is 4. The highest BCUT2D eigenvalue weighted by atomic mass is 35.5. The van der Waals surface area contributed by atoms with Crippen LogP contribution >= 0.6 is 11.6 Å². The van der Waals surface area contributed by atoms with Crippen molar-refractivity contribution < 1.29 is 77.1 Å². The number of likely N-dealkylation sites (N-methyl/N-ethyl adjacent to an activating group) is 1. The second-order valence-corrected chi connectivity index (χ2v) is 19.3. The third kappa shape index (κ3) is 16.3. The number of fused-ring (bicyclic) bond motifs is 1. The standard InChI is InChI=1S/C53H61ClN8O16/c1-60(20-22-75-21-17-33-8-9-35(25-38(33)54)57-52(73)56-28-31-6-10-37-34(23-31)29-62(50(37)70)40-11-13-44(65)59-49(40)69)53(74)76-30-32-7-12-41(77-48-27-36(63)26-42(78-48)51(71)72)39(24-32)58-45(66)16-18-55-43(64)5-3-2-4-19-61-46(67)14-15-47(61)68/h6-10,12,14-15,23-25,36,40,42,48,63H,2-5,11,13,16-22,26-30H2,1H3,(H,55,64)(H,58,66)(H,71,72)(H2,56,57,73)(H,59,65,69). The fourth-order valence-corrected chi connectivity index (χ4v) is 9.13. The topological polar surface area (TPSA) is 318 Å². The molecule has 3 aromatic rings. The number of benzene rings is 3. The van der Waals surface area contributed by atoms with E-state index in [0.29, 0.717) is 47.5 Å². The van der Waals surface area contributed by atoms with Crippen molar-refractivity contribution >= 4 is 82.4 Å². The number of rotatable bonds is 25. The first-order chi connectivity index (χ1) is 37.4. The summed E-state index contributed by atoms with van der Waals surface area (Å²) in [4.78, 5) is 127. The van der Waals surface area contributed by atoms with E-state index in [0.717, 1.165) is 21.6 Å². The van der Waals surface area contributed by atoms with E-state index in [-0.39, 0.29) is 132 Å². The third-order valence-electron chi connectivity index (χ3n) is 13.1. The molecule has 24 nitrogen and oxygen atoms in total. The Kier molecular flexibility index (Phi) is 20.3. The third-order valence-corrected chi connectivity index (χ3v) is 13.4. The summed E-state index contributed by atoms with van der Waals surface area (Å²) in [6.45, 7) is 1.01. The maximum atomic E-state index is 13.1. The normalized spacial score (nSPS) is 18.8. The molecular weight excluding hydrogens is 1040 g/mol. The smallest absolute Gasteiger partial charge is 0.409 e. The van der Waals surface area contributed by atoms with E-state index in [9.17, 15) is 58.2 Å². The quantitative estimate of drug-likeness (QED) is 0.0472. The summed E-state index contributed by atoms with van der Waals surface area (Å²) < 4.78 is 22.7. The van der Waals surface area contributed by atoms with Crippen LogP contribution in [0.25, 0.3) is 0 Å². The molecule has 0 aromatic heterocycles. The average Bonchev–Trinajstić information content (AvgIpc) is 3.97. The summed E-state index contributed by atoms with van der Waals surface area (Å²) >= 11 is 6.54. The van der Waals surface area contributed by atoms with Gasteiger partial charge in [0, 0.05) is 100 Å². The van der Waals surface area contributed by atoms with E-state index in [1.165, 1.54) is 41.1 Å². The van der Waals surface area contributed by atoms with Gasteiger partial charge < -0.3 is 60.2 Å². The largest absolute Gasteiger partial charge is 0.479 e. The summed E-state index contributed by atoms with van der Waals surface area (Å²) in [5.41, 5.74) is 3.72. The highest BCUT2D eigenvalue weighted by molar-refractivity contribution is 6.31. The minimum atomic E-state index is -1.32. The number of aliphatic hydroxyl groups is 1. The van der Waals surface area contributed by atoms with E-state index in [1.807, 2.05) is 0 Å². The SMILES string of the molecule is CN(CCOCCc1ccc(NC(=O)NCc2ccc3c(c2)CN(C2CCC(=O)NC2=O)C3=O)cc1Cl)C(=O)OCc1ccc(OC2CC(O)CC(C(=O)O)O2)c(NC(=O)CCNC(=O)CCCCCN2C(=O)C=CC2=O)c1. The molecule has 3 aromatic carbocycles. The molecule has 0 saturated carbocycles. The Labute approximate surface area is 453 Å². The van der Waals surface area contributed by atoms with Gasteiger partial charge in [-0.3, -0.25) is 43.8 Å². The van der Waals surface area contributed by atoms with Gasteiger partial charge in [0.1, 0.15) is 18.4 Å². The van der Waals surface area contributed by atoms with Crippen LogP contribution in [0.5, 0.6) is 5.75 Å². The van der Waals surface area contributed by atoms with Gasteiger partial charge in [-0.2, -0.15) is 0 Å². The molecule has 0 bridgehead atoms. The van der Waals surface area contributed by atoms with Crippen LogP contribution in [0.3, 0.4) is 0 Å². The molecule has 0 spiro atoms. The number of hydrogen-bond acceptors (Lipinski definition) is 15. The summed E-state index contributed by atoms with van der Waals surface area (Å²) in [6, 6.07) is 13.6. The molecule has 78 heavy (non-hydrogen) atoms. The van der Waals surface area contributed by atoms with Crippen LogP contribution in [0.2, 0.25) is 5.02 Å². The van der Waals surface area contributed by atoms with E-state index in [2.05, 4.69) is 26.6 Å². The molecule has 0 aliphatic carbocycles. The van der Waals surface area contributed by atoms with Crippen molar-refractivity contribution in [2.24, 2.45) is 0 Å². The molecular formula is C53H61ClN8O16. The predicted molar refractivity (Wildman–Crippen MR) is 276 cm³/mol. The van der Waals surface area contributed by atoms with Gasteiger partial charge >= 0.3 is 18.1 Å². The van der Waals surface area contributed by atoms with Crippen LogP contribution in [-0.4, -0.2) is 149 Å². The van der Waals surface area contributed by atoms with Crippen LogP contribution in [0.1, 0.15) is 90.4 Å². The molecule has 7 N–H and O–H groups in total. The minimum absolute atomic E-state index is 0.00150. The Balaban J connectivity index is 0.808. The number of unbranched alkanes of at least 4 members (excludes halogenated alkanes) is 2. The van der Waals surface area contributed by atoms with Crippen molar-refractivity contribution in [3.8, 4) is 5.75 Å². The lowest BCUT2D eigenvalue weighted by Crippen LogP contribution is -2.52. The Morgan fingerprint density at radius 3 is 2.41 bits per heavy atom. The second-order valence-electron chi connectivity index (χ2n) is 18.9. The van der Waals surface area contributed by atoms with Crippen LogP contribution in [0, 0.1) is 0 Å². The van der Waals surface area contributed by atoms with Gasteiger partial charge in [0.15, 0.2) is 6.10 Å². The fraction of sp³-hybridized carbons (Fsp3) is 0.434. The molecule has 4 unspecified atom stereocenters. The van der Waals surface area contributed by atoms with Crippen molar-refractivity contribution in [1.82, 2.24) is 30.7 Å². The van der Waals surface area contributed by atoms with Crippen molar-refractivity contribution in [2.45, 2.75) is 108 Å². The zero-order valence-electron chi connectivity index (χ0n) is 42.7. The molecule has 2 fully saturated rings. The van der Waals surface area contributed by atoms with Gasteiger partial charge in [0.25, 0.3) is 17.7 Å². The zero-order chi connectivity index (χ0) is 55.9. The van der Waals surface area contributed by atoms with E-state index >= 15 is 0 Å².